The van der Waals surface area contributed by atoms with E-state index in [1.54, 1.807) is 68.7 Å². The lowest BCUT2D eigenvalue weighted by Gasteiger charge is -2.30. The summed E-state index contributed by atoms with van der Waals surface area (Å²) in [6, 6.07) is 55.4. The summed E-state index contributed by atoms with van der Waals surface area (Å²) in [6.07, 6.45) is 4.70. The third-order valence-electron chi connectivity index (χ3n) is 31.2. The van der Waals surface area contributed by atoms with Crippen LogP contribution in [0.4, 0.5) is 22.7 Å². The maximum Gasteiger partial charge on any atom is 0.268 e. The summed E-state index contributed by atoms with van der Waals surface area (Å²) in [7, 11) is 5.22. The van der Waals surface area contributed by atoms with E-state index in [0.29, 0.717) is 67.7 Å². The van der Waals surface area contributed by atoms with Gasteiger partial charge in [0.15, 0.2) is 0 Å². The summed E-state index contributed by atoms with van der Waals surface area (Å²) in [5, 5.41) is 38.9. The van der Waals surface area contributed by atoms with Crippen LogP contribution in [0.5, 0.6) is 0 Å². The number of aldehydes is 2. The number of aliphatic hydroxyl groups excluding tert-OH is 2. The van der Waals surface area contributed by atoms with E-state index in [4.69, 9.17) is 0 Å². The largest absolute Gasteiger partial charge is 0.394 e. The molecule has 20 rings (SSSR count). The van der Waals surface area contributed by atoms with Crippen LogP contribution in [-0.2, 0) is 69.6 Å². The summed E-state index contributed by atoms with van der Waals surface area (Å²) in [4.78, 5) is 210. The highest BCUT2D eigenvalue weighted by Gasteiger charge is 2.62. The molecule has 32 nitrogen and oxygen atoms in total. The van der Waals surface area contributed by atoms with Gasteiger partial charge in [0, 0.05) is 126 Å². The van der Waals surface area contributed by atoms with Gasteiger partial charge in [-0.15, -0.1) is 0 Å². The molecule has 0 bridgehead atoms. The van der Waals surface area contributed by atoms with Crippen molar-refractivity contribution in [3.8, 4) is 0 Å². The number of aryl methyl sites for hydroxylation is 4. The maximum atomic E-state index is 14.1. The van der Waals surface area contributed by atoms with Crippen LogP contribution in [0.3, 0.4) is 0 Å². The number of benzene rings is 8. The van der Waals surface area contributed by atoms with Crippen LogP contribution in [0.15, 0.2) is 194 Å². The number of hydrogen-bond acceptors (Lipinski definition) is 16. The molecular formula is C116H132N16O16. The van der Waals surface area contributed by atoms with Crippen molar-refractivity contribution in [1.82, 2.24) is 60.8 Å². The summed E-state index contributed by atoms with van der Waals surface area (Å²) < 4.78 is 0. The molecule has 4 spiro atoms. The van der Waals surface area contributed by atoms with Gasteiger partial charge >= 0.3 is 0 Å². The van der Waals surface area contributed by atoms with Crippen LogP contribution in [0.2, 0.25) is 0 Å². The monoisotopic (exact) mass is 2010 g/mol. The third-order valence-corrected chi connectivity index (χ3v) is 31.2. The molecule has 8 aromatic carbocycles. The molecule has 148 heavy (non-hydrogen) atoms. The number of aromatic nitrogens is 4. The molecule has 12 heterocycles. The van der Waals surface area contributed by atoms with Crippen LogP contribution in [-0.4, -0.2) is 242 Å². The Labute approximate surface area is 859 Å². The van der Waals surface area contributed by atoms with E-state index in [1.807, 2.05) is 259 Å². The fraction of sp³-hybridized carbons (Fsp3) is 0.397. The number of amides is 12. The third kappa shape index (κ3) is 19.3. The SMILES string of the molecule is Cc1cccc2[nH]c(C(=O)N[C@@H](CC(C)C)C(=O)N3C[C@]4(C[C@H]3C=O)C(=O)N(C)c3ccccc34)cc12.Cc1cccc2[nH]c(C(=O)N[C@@H](CC(C)C)C(=O)N3C[C@]4(C[C@H]3CC=O)C(=O)N(C)c3ccccc34)cc12.Cc1cccc2[nH]c(C(=O)N[C@@H](CC(C)C)C(=O)N3C[C@]4(C[C@H]3CO)C(=O)N(C)c3ccccc34)cc12.Cc1cccc2[nH]c(C(=O)N[C@@H](CC(C)C)C(=O)N3C[C@]4(C[C@H]3CO)C(=O)Nc3ccccc34)cc12. The Hall–Kier alpha value is -15.2. The fourth-order valence-electron chi connectivity index (χ4n) is 23.9. The molecule has 0 aliphatic carbocycles. The zero-order valence-corrected chi connectivity index (χ0v) is 86.4. The van der Waals surface area contributed by atoms with E-state index in [-0.39, 0.29) is 147 Å². The lowest BCUT2D eigenvalue weighted by molar-refractivity contribution is -0.137. The molecule has 32 heteroatoms. The van der Waals surface area contributed by atoms with E-state index in [0.717, 1.165) is 123 Å². The molecule has 772 valence electrons. The summed E-state index contributed by atoms with van der Waals surface area (Å²) in [5.41, 5.74) is 12.2. The average molecular weight is 2010 g/mol. The Morgan fingerprint density at radius 1 is 0.358 bits per heavy atom. The van der Waals surface area contributed by atoms with Gasteiger partial charge in [-0.05, 0) is 220 Å². The van der Waals surface area contributed by atoms with Crippen molar-refractivity contribution in [3.05, 3.63) is 261 Å². The normalized spacial score (nSPS) is 21.6. The van der Waals surface area contributed by atoms with Crippen LogP contribution in [0.25, 0.3) is 43.6 Å². The van der Waals surface area contributed by atoms with Crippen molar-refractivity contribution in [3.63, 3.8) is 0 Å². The highest BCUT2D eigenvalue weighted by molar-refractivity contribution is 6.13. The number of carbonyl (C=O) groups is 14. The van der Waals surface area contributed by atoms with E-state index in [9.17, 15) is 77.3 Å². The number of para-hydroxylation sites is 4. The predicted molar refractivity (Wildman–Crippen MR) is 568 cm³/mol. The number of rotatable bonds is 25. The first-order chi connectivity index (χ1) is 70.7. The van der Waals surface area contributed by atoms with Gasteiger partial charge in [0.05, 0.1) is 53.0 Å². The topological polar surface area (TPSA) is 425 Å². The van der Waals surface area contributed by atoms with E-state index >= 15 is 0 Å². The Kier molecular flexibility index (Phi) is 29.6. The van der Waals surface area contributed by atoms with Crippen LogP contribution in [0.1, 0.15) is 200 Å². The maximum absolute atomic E-state index is 14.1. The molecule has 12 aromatic rings. The molecule has 8 aliphatic heterocycles. The minimum Gasteiger partial charge on any atom is -0.394 e. The van der Waals surface area contributed by atoms with Crippen LogP contribution < -0.4 is 41.3 Å². The van der Waals surface area contributed by atoms with Crippen LogP contribution >= 0.6 is 0 Å². The lowest BCUT2D eigenvalue weighted by atomic mass is 9.79. The van der Waals surface area contributed by atoms with Gasteiger partial charge in [-0.2, -0.15) is 0 Å². The Morgan fingerprint density at radius 2 is 0.635 bits per heavy atom. The number of H-pyrrole nitrogens is 4. The molecule has 12 atom stereocenters. The zero-order valence-electron chi connectivity index (χ0n) is 86.4. The smallest absolute Gasteiger partial charge is 0.268 e. The number of hydrogen-bond donors (Lipinski definition) is 11. The van der Waals surface area contributed by atoms with Crippen molar-refractivity contribution in [1.29, 1.82) is 0 Å². The fourth-order valence-corrected chi connectivity index (χ4v) is 23.9. The molecule has 4 saturated heterocycles. The lowest BCUT2D eigenvalue weighted by Crippen LogP contribution is -2.52. The first kappa shape index (κ1) is 104. The Morgan fingerprint density at radius 3 is 0.946 bits per heavy atom. The predicted octanol–water partition coefficient (Wildman–Crippen LogP) is 13.3. The van der Waals surface area contributed by atoms with Gasteiger partial charge < -0.3 is 101 Å². The van der Waals surface area contributed by atoms with Gasteiger partial charge in [0.2, 0.25) is 47.3 Å². The first-order valence-electron chi connectivity index (χ1n) is 51.1. The standard InChI is InChI=1S/C30H34N4O4.C29H34N4O4.C29H32N4O4.C28H32N4O4/c1-18(2)14-25(32-27(36)24-15-21-19(3)8-7-10-23(21)31-24)28(37)34-17-30(16-20(34)12-13-35)22-9-5-6-11-26(22)33(4)29(30)38;2*1-17(2)12-24(31-26(35)23-13-20-18(3)8-7-10-22(20)30-23)27(36)33-16-29(14-19(33)15-34)21-9-5-6-11-25(21)32(4)28(29)37;1-16(2)11-24(30-25(34)23-12-19-17(3)7-6-10-21(19)29-23)26(35)32-15-28(13-18(32)14-33)20-8-4-5-9-22(20)31-27(28)36/h5-11,13,15,18,20,25,31H,12,14,16-17H2,1-4H3,(H,32,36);5-11,13,17,19,24,30,34H,12,14-16H2,1-4H3,(H,31,35);5-11,13,15,17,19,24,30H,12,14,16H2,1-4H3,(H,31,35);4-10,12,16,18,24,29,33H,11,13-15H2,1-3H3,(H,30,34)(H,31,36)/t20-,25+,30+;2*19-,24-,29-;18-,24-,28-/m1000/s1. The van der Waals surface area contributed by atoms with Crippen molar-refractivity contribution >= 4 is 150 Å². The van der Waals surface area contributed by atoms with Crippen LogP contribution in [0, 0.1) is 51.4 Å². The number of nitrogens with one attached hydrogen (secondary N) is 9. The number of carbonyl (C=O) groups excluding carboxylic acids is 14. The molecule has 0 radical (unpaired) electrons. The molecule has 4 aromatic heterocycles. The second-order valence-electron chi connectivity index (χ2n) is 43.1. The van der Waals surface area contributed by atoms with Gasteiger partial charge in [-0.3, -0.25) is 57.5 Å². The summed E-state index contributed by atoms with van der Waals surface area (Å²) in [5.74, 6) is -2.49. The van der Waals surface area contributed by atoms with E-state index in [1.165, 1.54) is 4.90 Å². The highest BCUT2D eigenvalue weighted by atomic mass is 16.3. The number of aromatic amines is 4. The number of likely N-dealkylation sites (tertiary alicyclic amines) is 4. The number of fused-ring (bicyclic) bond motifs is 12. The second-order valence-corrected chi connectivity index (χ2v) is 43.1. The van der Waals surface area contributed by atoms with Crippen molar-refractivity contribution in [2.24, 2.45) is 23.7 Å². The van der Waals surface area contributed by atoms with E-state index < -0.39 is 70.0 Å². The van der Waals surface area contributed by atoms with Crippen molar-refractivity contribution in [2.75, 3.05) is 80.6 Å². The van der Waals surface area contributed by atoms with Gasteiger partial charge in [-0.1, -0.05) is 177 Å². The molecule has 0 saturated carbocycles. The minimum absolute atomic E-state index is 0.0669. The Balaban J connectivity index is 0.000000135. The Bertz CT molecular complexity index is 7250. The van der Waals surface area contributed by atoms with Gasteiger partial charge in [-0.25, -0.2) is 0 Å². The molecule has 8 aliphatic rings. The molecular weight excluding hydrogens is 1870 g/mol. The number of aliphatic hydroxyl groups is 2. The second kappa shape index (κ2) is 42.0. The van der Waals surface area contributed by atoms with Crippen molar-refractivity contribution in [2.45, 2.75) is 211 Å². The molecule has 0 unspecified atom stereocenters. The number of likely N-dealkylation sites (N-methyl/N-ethyl adjacent to an activating group) is 3. The molecule has 4 fully saturated rings. The quantitative estimate of drug-likeness (QED) is 0.0237. The highest BCUT2D eigenvalue weighted by Crippen LogP contribution is 2.54. The zero-order chi connectivity index (χ0) is 106. The number of anilines is 4. The molecule has 11 N–H and O–H groups in total. The van der Waals surface area contributed by atoms with Gasteiger partial charge in [0.1, 0.15) is 59.5 Å². The molecule has 12 amide bonds. The first-order valence-corrected chi connectivity index (χ1v) is 51.1. The average Bonchev–Trinajstić information content (AvgIpc) is 1.56. The van der Waals surface area contributed by atoms with E-state index in [2.05, 4.69) is 46.5 Å². The number of nitrogens with zero attached hydrogens (tertiary/aromatic N) is 7. The van der Waals surface area contributed by atoms with Crippen molar-refractivity contribution < 1.29 is 77.3 Å². The summed E-state index contributed by atoms with van der Waals surface area (Å²) >= 11 is 0. The summed E-state index contributed by atoms with van der Waals surface area (Å²) in [6.45, 7) is 24.0. The minimum atomic E-state index is -0.965. The van der Waals surface area contributed by atoms with Gasteiger partial charge in [0.25, 0.3) is 23.6 Å².